The van der Waals surface area contributed by atoms with Gasteiger partial charge in [0.05, 0.1) is 30.7 Å². The lowest BCUT2D eigenvalue weighted by Gasteiger charge is -2.21. The van der Waals surface area contributed by atoms with Crippen molar-refractivity contribution in [1.82, 2.24) is 9.40 Å². The quantitative estimate of drug-likeness (QED) is 0.708. The molecule has 0 radical (unpaired) electrons. The standard InChI is InChI=1S/C19H19N3O5S/c1-3-26-13-7-6-12-9-14(19(23)20-15(12)10-13)17-11-16(18-5-4-8-27-18)21-22(17)28(2,24)25/h4-10,17H,3,11H2,1-2H3,(H,20,23)/t17-/m1/s1. The number of aromatic nitrogens is 1. The molecule has 3 heterocycles. The van der Waals surface area contributed by atoms with Crippen LogP contribution in [0.3, 0.4) is 0 Å². The Balaban J connectivity index is 1.78. The SMILES string of the molecule is CCOc1ccc2cc([C@H]3CC(c4ccco4)=NN3S(C)(=O)=O)c(=O)[nH]c2c1. The number of pyridine rings is 1. The second-order valence-electron chi connectivity index (χ2n) is 6.52. The first-order valence-electron chi connectivity index (χ1n) is 8.77. The van der Waals surface area contributed by atoms with Gasteiger partial charge in [0, 0.05) is 18.1 Å². The van der Waals surface area contributed by atoms with Gasteiger partial charge in [-0.3, -0.25) is 4.79 Å². The van der Waals surface area contributed by atoms with Gasteiger partial charge < -0.3 is 14.1 Å². The van der Waals surface area contributed by atoms with E-state index >= 15 is 0 Å². The number of nitrogens with zero attached hydrogens (tertiary/aromatic N) is 2. The summed E-state index contributed by atoms with van der Waals surface area (Å²) in [5.41, 5.74) is 1.06. The predicted octanol–water partition coefficient (Wildman–Crippen LogP) is 2.63. The molecule has 2 aromatic heterocycles. The molecule has 0 unspecified atom stereocenters. The summed E-state index contributed by atoms with van der Waals surface area (Å²) in [5, 5.41) is 4.99. The average Bonchev–Trinajstić information content (AvgIpc) is 3.30. The number of aromatic amines is 1. The third-order valence-corrected chi connectivity index (χ3v) is 5.55. The van der Waals surface area contributed by atoms with Crippen LogP contribution in [0.4, 0.5) is 0 Å². The largest absolute Gasteiger partial charge is 0.494 e. The van der Waals surface area contributed by atoms with Gasteiger partial charge in [-0.2, -0.15) is 9.52 Å². The lowest BCUT2D eigenvalue weighted by atomic mass is 10.0. The molecule has 28 heavy (non-hydrogen) atoms. The summed E-state index contributed by atoms with van der Waals surface area (Å²) >= 11 is 0. The highest BCUT2D eigenvalue weighted by Gasteiger charge is 2.37. The Kier molecular flexibility index (Phi) is 4.46. The number of sulfonamides is 1. The molecule has 3 aromatic rings. The lowest BCUT2D eigenvalue weighted by molar-refractivity contribution is 0.340. The Labute approximate surface area is 161 Å². The zero-order chi connectivity index (χ0) is 19.9. The van der Waals surface area contributed by atoms with Gasteiger partial charge in [0.25, 0.3) is 5.56 Å². The van der Waals surface area contributed by atoms with Gasteiger partial charge in [0.1, 0.15) is 17.2 Å². The first-order chi connectivity index (χ1) is 13.4. The molecule has 1 aliphatic rings. The molecule has 0 saturated heterocycles. The Morgan fingerprint density at radius 2 is 2.14 bits per heavy atom. The number of hydrogen-bond donors (Lipinski definition) is 1. The summed E-state index contributed by atoms with van der Waals surface area (Å²) in [6.07, 6.45) is 2.80. The van der Waals surface area contributed by atoms with Gasteiger partial charge in [-0.05, 0) is 42.6 Å². The number of nitrogens with one attached hydrogen (secondary N) is 1. The molecule has 0 amide bonds. The van der Waals surface area contributed by atoms with Crippen molar-refractivity contribution in [3.8, 4) is 5.75 Å². The summed E-state index contributed by atoms with van der Waals surface area (Å²) < 4.78 is 36.4. The zero-order valence-electron chi connectivity index (χ0n) is 15.4. The molecular weight excluding hydrogens is 382 g/mol. The fraction of sp³-hybridized carbons (Fsp3) is 0.263. The molecule has 1 N–H and O–H groups in total. The van der Waals surface area contributed by atoms with Crippen LogP contribution in [-0.2, 0) is 10.0 Å². The van der Waals surface area contributed by atoms with Crippen LogP contribution in [0.5, 0.6) is 5.75 Å². The van der Waals surface area contributed by atoms with Gasteiger partial charge in [0.2, 0.25) is 10.0 Å². The van der Waals surface area contributed by atoms with Crippen molar-refractivity contribution in [2.75, 3.05) is 12.9 Å². The molecule has 0 fully saturated rings. The maximum atomic E-state index is 12.8. The first kappa shape index (κ1) is 18.3. The summed E-state index contributed by atoms with van der Waals surface area (Å²) in [6.45, 7) is 2.40. The molecule has 1 atom stereocenters. The van der Waals surface area contributed by atoms with Crippen LogP contribution < -0.4 is 10.3 Å². The highest BCUT2D eigenvalue weighted by molar-refractivity contribution is 7.88. The summed E-state index contributed by atoms with van der Waals surface area (Å²) in [7, 11) is -3.68. The number of H-pyrrole nitrogens is 1. The number of hydrogen-bond acceptors (Lipinski definition) is 6. The van der Waals surface area contributed by atoms with E-state index in [9.17, 15) is 13.2 Å². The molecule has 1 aliphatic heterocycles. The molecule has 0 saturated carbocycles. The first-order valence-corrected chi connectivity index (χ1v) is 10.6. The predicted molar refractivity (Wildman–Crippen MR) is 105 cm³/mol. The highest BCUT2D eigenvalue weighted by atomic mass is 32.2. The van der Waals surface area contributed by atoms with Gasteiger partial charge in [0.15, 0.2) is 0 Å². The number of benzene rings is 1. The zero-order valence-corrected chi connectivity index (χ0v) is 16.2. The lowest BCUT2D eigenvalue weighted by Crippen LogP contribution is -2.30. The molecule has 8 nitrogen and oxygen atoms in total. The van der Waals surface area contributed by atoms with E-state index < -0.39 is 16.1 Å². The number of fused-ring (bicyclic) bond motifs is 1. The Morgan fingerprint density at radius 1 is 1.32 bits per heavy atom. The van der Waals surface area contributed by atoms with Crippen LogP contribution in [0.25, 0.3) is 10.9 Å². The molecule has 0 spiro atoms. The van der Waals surface area contributed by atoms with Crippen LogP contribution in [0.15, 0.2) is 57.0 Å². The molecule has 0 aliphatic carbocycles. The maximum absolute atomic E-state index is 12.8. The summed E-state index contributed by atoms with van der Waals surface area (Å²) in [6, 6.07) is 9.76. The maximum Gasteiger partial charge on any atom is 0.253 e. The molecule has 1 aromatic carbocycles. The molecule has 4 rings (SSSR count). The van der Waals surface area contributed by atoms with Crippen molar-refractivity contribution in [3.05, 3.63) is 64.3 Å². The average molecular weight is 401 g/mol. The van der Waals surface area contributed by atoms with E-state index in [0.717, 1.165) is 16.1 Å². The Morgan fingerprint density at radius 3 is 2.82 bits per heavy atom. The normalized spacial score (nSPS) is 17.1. The minimum atomic E-state index is -3.68. The van der Waals surface area contributed by atoms with Crippen LogP contribution in [0, 0.1) is 0 Å². The third kappa shape index (κ3) is 3.29. The van der Waals surface area contributed by atoms with Gasteiger partial charge in [-0.25, -0.2) is 8.42 Å². The fourth-order valence-electron chi connectivity index (χ4n) is 3.32. The number of furan rings is 1. The fourth-order valence-corrected chi connectivity index (χ4v) is 4.22. The van der Waals surface area contributed by atoms with Crippen molar-refractivity contribution in [2.24, 2.45) is 5.10 Å². The van der Waals surface area contributed by atoms with Crippen LogP contribution in [-0.4, -0.2) is 36.4 Å². The van der Waals surface area contributed by atoms with Gasteiger partial charge in [-0.1, -0.05) is 0 Å². The van der Waals surface area contributed by atoms with Crippen molar-refractivity contribution < 1.29 is 17.6 Å². The highest BCUT2D eigenvalue weighted by Crippen LogP contribution is 2.34. The van der Waals surface area contributed by atoms with E-state index in [1.165, 1.54) is 6.26 Å². The van der Waals surface area contributed by atoms with E-state index in [1.807, 2.05) is 19.1 Å². The molecule has 9 heteroatoms. The number of hydrazone groups is 1. The van der Waals surface area contributed by atoms with Crippen molar-refractivity contribution in [1.29, 1.82) is 0 Å². The molecule has 146 valence electrons. The van der Waals surface area contributed by atoms with Crippen molar-refractivity contribution >= 4 is 26.6 Å². The Bertz CT molecular complexity index is 1210. The van der Waals surface area contributed by atoms with Crippen LogP contribution in [0.1, 0.15) is 30.7 Å². The van der Waals surface area contributed by atoms with E-state index in [1.54, 1.807) is 24.3 Å². The van der Waals surface area contributed by atoms with E-state index in [2.05, 4.69) is 10.1 Å². The smallest absolute Gasteiger partial charge is 0.253 e. The molecule has 0 bridgehead atoms. The van der Waals surface area contributed by atoms with E-state index in [-0.39, 0.29) is 12.0 Å². The van der Waals surface area contributed by atoms with Crippen LogP contribution >= 0.6 is 0 Å². The minimum absolute atomic E-state index is 0.242. The number of ether oxygens (including phenoxy) is 1. The molecular formula is C19H19N3O5S. The van der Waals surface area contributed by atoms with E-state index in [0.29, 0.717) is 34.9 Å². The van der Waals surface area contributed by atoms with Crippen LogP contribution in [0.2, 0.25) is 0 Å². The number of rotatable bonds is 5. The summed E-state index contributed by atoms with van der Waals surface area (Å²) in [5.74, 6) is 1.13. The third-order valence-electron chi connectivity index (χ3n) is 4.53. The van der Waals surface area contributed by atoms with Gasteiger partial charge >= 0.3 is 0 Å². The summed E-state index contributed by atoms with van der Waals surface area (Å²) in [4.78, 5) is 15.6. The monoisotopic (exact) mass is 401 g/mol. The minimum Gasteiger partial charge on any atom is -0.494 e. The topological polar surface area (TPSA) is 105 Å². The Hall–Kier alpha value is -3.07. The van der Waals surface area contributed by atoms with E-state index in [4.69, 9.17) is 9.15 Å². The van der Waals surface area contributed by atoms with Gasteiger partial charge in [-0.15, -0.1) is 0 Å². The van der Waals surface area contributed by atoms with Crippen molar-refractivity contribution in [2.45, 2.75) is 19.4 Å². The second kappa shape index (κ2) is 6.83. The van der Waals surface area contributed by atoms with Crippen molar-refractivity contribution in [3.63, 3.8) is 0 Å². The second-order valence-corrected chi connectivity index (χ2v) is 8.36.